The Kier molecular flexibility index (Phi) is 9.56. The van der Waals surface area contributed by atoms with Crippen LogP contribution in [0.1, 0.15) is 59.8 Å². The molecule has 4 rings (SSSR count). The van der Waals surface area contributed by atoms with Crippen LogP contribution in [0.4, 0.5) is 18.9 Å². The van der Waals surface area contributed by atoms with Crippen molar-refractivity contribution >= 4 is 58.4 Å². The molecule has 216 valence electrons. The second kappa shape index (κ2) is 12.8. The van der Waals surface area contributed by atoms with E-state index in [4.69, 9.17) is 28.3 Å². The molecule has 3 aromatic rings. The normalized spacial score (nSPS) is 16.4. The molecule has 1 N–H and O–H groups in total. The van der Waals surface area contributed by atoms with E-state index in [9.17, 15) is 27.6 Å². The van der Waals surface area contributed by atoms with Gasteiger partial charge in [-0.2, -0.15) is 13.2 Å². The molecular formula is C29H25Cl2F3N2O4S. The number of carbonyl (C=O) groups is 3. The minimum atomic E-state index is -4.59. The molecule has 2 unspecified atom stereocenters. The first kappa shape index (κ1) is 30.7. The highest BCUT2D eigenvalue weighted by atomic mass is 35.5. The SMILES string of the molecule is CC(c1ccc(Cl)cc1)N1C(=O)c2cc(SC(F)(F)F)ccc2N(CCCCC(=O)O)C(=O)C1c1ccc(Cl)cc1. The van der Waals surface area contributed by atoms with Crippen LogP contribution in [0.25, 0.3) is 0 Å². The zero-order chi connectivity index (χ0) is 29.9. The van der Waals surface area contributed by atoms with Gasteiger partial charge >= 0.3 is 11.5 Å². The molecule has 0 bridgehead atoms. The summed E-state index contributed by atoms with van der Waals surface area (Å²) in [6.45, 7) is 1.79. The summed E-state index contributed by atoms with van der Waals surface area (Å²) < 4.78 is 39.8. The molecule has 0 saturated carbocycles. The van der Waals surface area contributed by atoms with Gasteiger partial charge in [-0.1, -0.05) is 47.5 Å². The molecular weight excluding hydrogens is 600 g/mol. The fourth-order valence-corrected chi connectivity index (χ4v) is 5.62. The molecule has 0 saturated heterocycles. The number of fused-ring (bicyclic) bond motifs is 1. The number of carboxylic acid groups (broad SMARTS) is 1. The number of carboxylic acids is 1. The summed E-state index contributed by atoms with van der Waals surface area (Å²) in [5.41, 5.74) is -3.38. The number of thioether (sulfide) groups is 1. The molecule has 1 aliphatic rings. The third-order valence-electron chi connectivity index (χ3n) is 6.71. The van der Waals surface area contributed by atoms with E-state index >= 15 is 0 Å². The number of alkyl halides is 3. The zero-order valence-electron chi connectivity index (χ0n) is 21.7. The topological polar surface area (TPSA) is 77.9 Å². The molecule has 0 aliphatic carbocycles. The van der Waals surface area contributed by atoms with E-state index in [2.05, 4.69) is 0 Å². The predicted molar refractivity (Wildman–Crippen MR) is 152 cm³/mol. The molecule has 1 aliphatic heterocycles. The number of hydrogen-bond donors (Lipinski definition) is 1. The van der Waals surface area contributed by atoms with Crippen LogP contribution in [0.2, 0.25) is 10.0 Å². The minimum absolute atomic E-state index is 0.0609. The maximum Gasteiger partial charge on any atom is 0.446 e. The van der Waals surface area contributed by atoms with Crippen LogP contribution in [0.3, 0.4) is 0 Å². The van der Waals surface area contributed by atoms with Crippen LogP contribution in [-0.4, -0.2) is 39.8 Å². The van der Waals surface area contributed by atoms with Gasteiger partial charge in [-0.05, 0) is 85.1 Å². The van der Waals surface area contributed by atoms with E-state index in [1.807, 2.05) is 0 Å². The monoisotopic (exact) mass is 624 g/mol. The van der Waals surface area contributed by atoms with Crippen molar-refractivity contribution in [2.75, 3.05) is 11.4 Å². The molecule has 3 aromatic carbocycles. The Labute approximate surface area is 249 Å². The standard InChI is InChI=1S/C29H25Cl2F3N2O4S/c1-17(18-5-9-20(30)10-6-18)36-26(19-7-11-21(31)12-8-19)28(40)35(15-3-2-4-25(37)38)24-14-13-22(41-29(32,33)34)16-23(24)27(36)39/h5-14,16-17,26H,2-4,15H2,1H3,(H,37,38). The third-order valence-corrected chi connectivity index (χ3v) is 7.94. The number of unbranched alkanes of at least 4 members (excludes halogenated alkanes) is 1. The van der Waals surface area contributed by atoms with Crippen LogP contribution < -0.4 is 4.90 Å². The Morgan fingerprint density at radius 1 is 0.976 bits per heavy atom. The third kappa shape index (κ3) is 7.36. The van der Waals surface area contributed by atoms with Crippen LogP contribution in [0.15, 0.2) is 71.6 Å². The summed E-state index contributed by atoms with van der Waals surface area (Å²) in [5, 5.41) is 9.94. The van der Waals surface area contributed by atoms with E-state index in [1.54, 1.807) is 55.5 Å². The first-order valence-electron chi connectivity index (χ1n) is 12.6. The number of anilines is 1. The highest BCUT2D eigenvalue weighted by Gasteiger charge is 2.43. The second-order valence-corrected chi connectivity index (χ2v) is 11.5. The fourth-order valence-electron chi connectivity index (χ4n) is 4.79. The molecule has 0 spiro atoms. The van der Waals surface area contributed by atoms with Crippen molar-refractivity contribution in [1.82, 2.24) is 4.90 Å². The summed E-state index contributed by atoms with van der Waals surface area (Å²) in [6.07, 6.45) is 0.445. The summed E-state index contributed by atoms with van der Waals surface area (Å²) in [5.74, 6) is -2.10. The van der Waals surface area contributed by atoms with E-state index in [-0.39, 0.29) is 47.3 Å². The fraction of sp³-hybridized carbons (Fsp3) is 0.276. The lowest BCUT2D eigenvalue weighted by molar-refractivity contribution is -0.137. The summed E-state index contributed by atoms with van der Waals surface area (Å²) in [4.78, 5) is 42.3. The molecule has 0 fully saturated rings. The molecule has 1 heterocycles. The Morgan fingerprint density at radius 2 is 1.59 bits per heavy atom. The largest absolute Gasteiger partial charge is 0.481 e. The number of hydrogen-bond acceptors (Lipinski definition) is 4. The van der Waals surface area contributed by atoms with E-state index in [0.717, 1.165) is 6.07 Å². The Hall–Kier alpha value is -3.21. The Balaban J connectivity index is 1.89. The zero-order valence-corrected chi connectivity index (χ0v) is 24.0. The van der Waals surface area contributed by atoms with Gasteiger partial charge in [0.15, 0.2) is 0 Å². The average molecular weight is 625 g/mol. The van der Waals surface area contributed by atoms with Gasteiger partial charge < -0.3 is 14.9 Å². The van der Waals surface area contributed by atoms with E-state index < -0.39 is 35.4 Å². The molecule has 0 radical (unpaired) electrons. The molecule has 6 nitrogen and oxygen atoms in total. The first-order valence-corrected chi connectivity index (χ1v) is 14.2. The predicted octanol–water partition coefficient (Wildman–Crippen LogP) is 8.15. The Bertz CT molecular complexity index is 1440. The van der Waals surface area contributed by atoms with Gasteiger partial charge in [-0.3, -0.25) is 14.4 Å². The van der Waals surface area contributed by atoms with Crippen molar-refractivity contribution in [3.63, 3.8) is 0 Å². The van der Waals surface area contributed by atoms with Crippen molar-refractivity contribution < 1.29 is 32.7 Å². The smallest absolute Gasteiger partial charge is 0.446 e. The van der Waals surface area contributed by atoms with Gasteiger partial charge in [-0.15, -0.1) is 0 Å². The van der Waals surface area contributed by atoms with Crippen LogP contribution in [-0.2, 0) is 9.59 Å². The van der Waals surface area contributed by atoms with E-state index in [1.165, 1.54) is 21.9 Å². The van der Waals surface area contributed by atoms with Crippen LogP contribution in [0.5, 0.6) is 0 Å². The lowest BCUT2D eigenvalue weighted by Crippen LogP contribution is -2.44. The number of benzene rings is 3. The van der Waals surface area contributed by atoms with Gasteiger partial charge in [0, 0.05) is 27.9 Å². The minimum Gasteiger partial charge on any atom is -0.481 e. The number of nitrogens with zero attached hydrogens (tertiary/aromatic N) is 2. The molecule has 41 heavy (non-hydrogen) atoms. The maximum atomic E-state index is 14.4. The lowest BCUT2D eigenvalue weighted by Gasteiger charge is -2.36. The average Bonchev–Trinajstić information content (AvgIpc) is 2.99. The molecule has 2 atom stereocenters. The van der Waals surface area contributed by atoms with Gasteiger partial charge in [0.1, 0.15) is 6.04 Å². The summed E-state index contributed by atoms with van der Waals surface area (Å²) >= 11 is 11.8. The van der Waals surface area contributed by atoms with Gasteiger partial charge in [0.05, 0.1) is 17.3 Å². The Morgan fingerprint density at radius 3 is 2.17 bits per heavy atom. The quantitative estimate of drug-likeness (QED) is 0.192. The summed E-state index contributed by atoms with van der Waals surface area (Å²) in [6, 6.07) is 15.0. The highest BCUT2D eigenvalue weighted by molar-refractivity contribution is 8.00. The first-order chi connectivity index (χ1) is 19.4. The van der Waals surface area contributed by atoms with Gasteiger partial charge in [0.2, 0.25) is 0 Å². The summed E-state index contributed by atoms with van der Waals surface area (Å²) in [7, 11) is 0. The number of rotatable bonds is 9. The number of carbonyl (C=O) groups excluding carboxylic acids is 2. The lowest BCUT2D eigenvalue weighted by atomic mass is 9.98. The second-order valence-electron chi connectivity index (χ2n) is 9.46. The van der Waals surface area contributed by atoms with Gasteiger partial charge in [-0.25, -0.2) is 0 Å². The highest BCUT2D eigenvalue weighted by Crippen LogP contribution is 2.43. The van der Waals surface area contributed by atoms with Gasteiger partial charge in [0.25, 0.3) is 11.8 Å². The van der Waals surface area contributed by atoms with Crippen molar-refractivity contribution in [2.24, 2.45) is 0 Å². The molecule has 12 heteroatoms. The molecule has 0 aromatic heterocycles. The van der Waals surface area contributed by atoms with E-state index in [0.29, 0.717) is 27.6 Å². The van der Waals surface area contributed by atoms with Crippen molar-refractivity contribution in [3.8, 4) is 0 Å². The van der Waals surface area contributed by atoms with Crippen LogP contribution in [0, 0.1) is 0 Å². The van der Waals surface area contributed by atoms with Crippen molar-refractivity contribution in [2.45, 2.75) is 48.7 Å². The van der Waals surface area contributed by atoms with Crippen molar-refractivity contribution in [1.29, 1.82) is 0 Å². The van der Waals surface area contributed by atoms with Crippen molar-refractivity contribution in [3.05, 3.63) is 93.5 Å². The maximum absolute atomic E-state index is 14.4. The number of aliphatic carboxylic acids is 1. The van der Waals surface area contributed by atoms with Crippen LogP contribution >= 0.6 is 35.0 Å². The molecule has 2 amide bonds. The number of halogens is 5. The number of amides is 2.